The lowest BCUT2D eigenvalue weighted by Gasteiger charge is -2.31. The highest BCUT2D eigenvalue weighted by molar-refractivity contribution is 5.87. The summed E-state index contributed by atoms with van der Waals surface area (Å²) in [5, 5.41) is 10.7. The van der Waals surface area contributed by atoms with E-state index in [1.807, 2.05) is 57.5 Å². The summed E-state index contributed by atoms with van der Waals surface area (Å²) in [4.78, 5) is 30.6. The van der Waals surface area contributed by atoms with Gasteiger partial charge < -0.3 is 14.4 Å². The van der Waals surface area contributed by atoms with Crippen molar-refractivity contribution >= 4 is 22.8 Å². The number of rotatable bonds is 1. The van der Waals surface area contributed by atoms with E-state index in [1.165, 1.54) is 0 Å². The maximum Gasteiger partial charge on any atom is 0.306 e. The van der Waals surface area contributed by atoms with Gasteiger partial charge in [0.1, 0.15) is 17.7 Å². The average molecular weight is 469 g/mol. The molecule has 6 nitrogen and oxygen atoms in total. The zero-order valence-corrected chi connectivity index (χ0v) is 21.5. The Morgan fingerprint density at radius 3 is 2.65 bits per heavy atom. The molecule has 1 aromatic carbocycles. The summed E-state index contributed by atoms with van der Waals surface area (Å²) in [7, 11) is 1.99. The number of aliphatic hydroxyl groups excluding tert-OH is 1. The molecule has 6 heteroatoms. The van der Waals surface area contributed by atoms with Crippen LogP contribution in [0, 0.1) is 24.2 Å². The average Bonchev–Trinajstić information content (AvgIpc) is 3.09. The molecule has 0 saturated carbocycles. The molecule has 2 aromatic rings. The van der Waals surface area contributed by atoms with Crippen molar-refractivity contribution in [2.24, 2.45) is 24.3 Å². The minimum absolute atomic E-state index is 0.000775. The number of benzene rings is 1. The van der Waals surface area contributed by atoms with Crippen molar-refractivity contribution in [2.45, 2.75) is 85.4 Å². The Bertz CT molecular complexity index is 1050. The lowest BCUT2D eigenvalue weighted by Crippen LogP contribution is -2.39. The first kappa shape index (κ1) is 26.1. The van der Waals surface area contributed by atoms with E-state index in [1.54, 1.807) is 6.92 Å². The molecule has 1 aliphatic heterocycles. The Kier molecular flexibility index (Phi) is 8.34. The van der Waals surface area contributed by atoms with Gasteiger partial charge in [-0.1, -0.05) is 45.9 Å². The summed E-state index contributed by atoms with van der Waals surface area (Å²) >= 11 is 0. The molecule has 1 aromatic heterocycles. The number of hydrogen-bond donors (Lipinski definition) is 1. The molecule has 0 aliphatic carbocycles. The normalized spacial score (nSPS) is 28.6. The molecule has 34 heavy (non-hydrogen) atoms. The number of aliphatic hydroxyl groups is 1. The third kappa shape index (κ3) is 5.96. The first-order chi connectivity index (χ1) is 16.0. The quantitative estimate of drug-likeness (QED) is 0.435. The van der Waals surface area contributed by atoms with Crippen molar-refractivity contribution in [1.82, 2.24) is 9.55 Å². The highest BCUT2D eigenvalue weighted by Gasteiger charge is 2.36. The van der Waals surface area contributed by atoms with Gasteiger partial charge >= 0.3 is 5.97 Å². The van der Waals surface area contributed by atoms with Gasteiger partial charge in [0.05, 0.1) is 17.1 Å². The van der Waals surface area contributed by atoms with Crippen molar-refractivity contribution in [1.29, 1.82) is 0 Å². The van der Waals surface area contributed by atoms with Gasteiger partial charge in [-0.2, -0.15) is 0 Å². The van der Waals surface area contributed by atoms with E-state index >= 15 is 0 Å². The zero-order chi connectivity index (χ0) is 25.0. The van der Waals surface area contributed by atoms with Crippen LogP contribution < -0.4 is 0 Å². The van der Waals surface area contributed by atoms with Gasteiger partial charge in [0.25, 0.3) is 0 Å². The number of hydrogen-bond acceptors (Lipinski definition) is 5. The van der Waals surface area contributed by atoms with E-state index in [0.29, 0.717) is 12.8 Å². The molecule has 0 spiro atoms. The Morgan fingerprint density at radius 1 is 1.18 bits per heavy atom. The van der Waals surface area contributed by atoms with Gasteiger partial charge in [-0.3, -0.25) is 9.59 Å². The Labute approximate surface area is 203 Å². The monoisotopic (exact) mass is 468 g/mol. The van der Waals surface area contributed by atoms with E-state index in [-0.39, 0.29) is 24.1 Å². The second-order valence-electron chi connectivity index (χ2n) is 10.6. The number of carbonyl (C=O) groups excluding carboxylic acids is 2. The maximum absolute atomic E-state index is 13.1. The largest absolute Gasteiger partial charge is 0.457 e. The van der Waals surface area contributed by atoms with E-state index in [2.05, 4.69) is 17.1 Å². The van der Waals surface area contributed by atoms with Crippen LogP contribution in [0.5, 0.6) is 0 Å². The molecule has 2 heterocycles. The van der Waals surface area contributed by atoms with E-state index in [0.717, 1.165) is 41.7 Å². The molecular formula is C28H40N2O4. The number of aromatic nitrogens is 2. The van der Waals surface area contributed by atoms with Gasteiger partial charge in [0.15, 0.2) is 0 Å². The molecule has 1 N–H and O–H groups in total. The number of nitrogens with zero attached hydrogens (tertiary/aromatic N) is 2. The van der Waals surface area contributed by atoms with Gasteiger partial charge in [-0.25, -0.2) is 4.98 Å². The Morgan fingerprint density at radius 2 is 1.91 bits per heavy atom. The molecule has 186 valence electrons. The van der Waals surface area contributed by atoms with Crippen LogP contribution in [0.15, 0.2) is 30.4 Å². The highest BCUT2D eigenvalue weighted by atomic mass is 16.5. The summed E-state index contributed by atoms with van der Waals surface area (Å²) in [6.45, 7) is 9.50. The van der Waals surface area contributed by atoms with E-state index in [4.69, 9.17) is 4.74 Å². The van der Waals surface area contributed by atoms with Gasteiger partial charge in [0, 0.05) is 31.2 Å². The molecule has 0 fully saturated rings. The number of ether oxygens (including phenoxy) is 1. The number of imidazole rings is 1. The Hall–Kier alpha value is -2.47. The van der Waals surface area contributed by atoms with E-state index in [9.17, 15) is 14.7 Å². The van der Waals surface area contributed by atoms with Gasteiger partial charge in [-0.15, -0.1) is 0 Å². The number of Topliss-reactive ketones (excluding diaryl/α,β-unsaturated/α-hetero) is 1. The van der Waals surface area contributed by atoms with Crippen molar-refractivity contribution in [3.63, 3.8) is 0 Å². The summed E-state index contributed by atoms with van der Waals surface area (Å²) in [6.07, 6.45) is 6.92. The predicted molar refractivity (Wildman–Crippen MR) is 134 cm³/mol. The van der Waals surface area contributed by atoms with Crippen LogP contribution in [0.3, 0.4) is 0 Å². The van der Waals surface area contributed by atoms with Gasteiger partial charge in [0.2, 0.25) is 0 Å². The van der Waals surface area contributed by atoms with Crippen molar-refractivity contribution in [3.8, 4) is 0 Å². The van der Waals surface area contributed by atoms with Crippen molar-refractivity contribution in [3.05, 3.63) is 41.7 Å². The summed E-state index contributed by atoms with van der Waals surface area (Å²) < 4.78 is 7.98. The highest BCUT2D eigenvalue weighted by Crippen LogP contribution is 2.33. The molecule has 0 saturated heterocycles. The number of carbonyl (C=O) groups is 2. The summed E-state index contributed by atoms with van der Waals surface area (Å²) in [5.41, 5.74) is 2.14. The number of fused-ring (bicyclic) bond motifs is 1. The smallest absolute Gasteiger partial charge is 0.306 e. The fourth-order valence-corrected chi connectivity index (χ4v) is 4.88. The van der Waals surface area contributed by atoms with E-state index < -0.39 is 23.5 Å². The minimum atomic E-state index is -0.712. The summed E-state index contributed by atoms with van der Waals surface area (Å²) in [6, 6.07) is 6.04. The fraction of sp³-hybridized carbons (Fsp3) is 0.607. The molecule has 1 aliphatic rings. The number of esters is 1. The zero-order valence-electron chi connectivity index (χ0n) is 21.5. The lowest BCUT2D eigenvalue weighted by atomic mass is 9.74. The SMILES string of the molecule is Cc1nc2cc([C@@H]3C/C=C\CCC[C@H](C)C(O)[C@@H](C)C(=O)C(C)(C)CCC(=O)O3)ccc2n1C. The number of ketones is 1. The van der Waals surface area contributed by atoms with Crippen LogP contribution in [-0.2, 0) is 21.4 Å². The van der Waals surface area contributed by atoms with Gasteiger partial charge in [-0.05, 0) is 56.2 Å². The lowest BCUT2D eigenvalue weighted by molar-refractivity contribution is -0.150. The second kappa shape index (κ2) is 10.9. The number of aryl methyl sites for hydroxylation is 2. The Balaban J connectivity index is 1.84. The van der Waals surface area contributed by atoms with Crippen LogP contribution >= 0.6 is 0 Å². The number of allylic oxidation sites excluding steroid dienone is 1. The summed E-state index contributed by atoms with van der Waals surface area (Å²) in [5.74, 6) is 0.194. The third-order valence-corrected chi connectivity index (χ3v) is 7.45. The van der Waals surface area contributed by atoms with Crippen LogP contribution in [-0.4, -0.2) is 32.5 Å². The molecule has 3 rings (SSSR count). The molecule has 1 unspecified atom stereocenters. The van der Waals surface area contributed by atoms with Crippen molar-refractivity contribution < 1.29 is 19.4 Å². The van der Waals surface area contributed by atoms with Crippen LogP contribution in [0.2, 0.25) is 0 Å². The molecule has 0 radical (unpaired) electrons. The first-order valence-corrected chi connectivity index (χ1v) is 12.5. The molecule has 4 atom stereocenters. The third-order valence-electron chi connectivity index (χ3n) is 7.45. The molecular weight excluding hydrogens is 428 g/mol. The topological polar surface area (TPSA) is 81.4 Å². The van der Waals surface area contributed by atoms with Crippen LogP contribution in [0.1, 0.15) is 83.7 Å². The van der Waals surface area contributed by atoms with Crippen molar-refractivity contribution in [2.75, 3.05) is 0 Å². The van der Waals surface area contributed by atoms with Crippen LogP contribution in [0.25, 0.3) is 11.0 Å². The maximum atomic E-state index is 13.1. The minimum Gasteiger partial charge on any atom is -0.457 e. The standard InChI is InChI=1S/C28H40N2O4/c1-18-11-9-7-8-10-12-24(21-13-14-23-22(17-21)29-20(3)30(23)6)34-25(31)15-16-28(4,5)27(33)19(2)26(18)32/h8,10,13-14,17-19,24,26,32H,7,9,11-12,15-16H2,1-6H3/b10-8-/t18-,19+,24-,26?/m0/s1. The second-order valence-corrected chi connectivity index (χ2v) is 10.6. The molecule has 0 amide bonds. The van der Waals surface area contributed by atoms with Crippen LogP contribution in [0.4, 0.5) is 0 Å². The predicted octanol–water partition coefficient (Wildman–Crippen LogP) is 5.60. The fourth-order valence-electron chi connectivity index (χ4n) is 4.88. The molecule has 0 bridgehead atoms. The number of cyclic esters (lactones) is 1. The first-order valence-electron chi connectivity index (χ1n) is 12.5.